The summed E-state index contributed by atoms with van der Waals surface area (Å²) in [6, 6.07) is 6.89. The van der Waals surface area contributed by atoms with Crippen LogP contribution >= 0.6 is 11.8 Å². The number of fused-ring (bicyclic) bond motifs is 1. The Morgan fingerprint density at radius 3 is 2.84 bits per heavy atom. The van der Waals surface area contributed by atoms with Crippen molar-refractivity contribution in [3.8, 4) is 5.75 Å². The second kappa shape index (κ2) is 7.18. The summed E-state index contributed by atoms with van der Waals surface area (Å²) in [5, 5.41) is 16.7. The molecule has 7 nitrogen and oxygen atoms in total. The molecule has 0 unspecified atom stereocenters. The zero-order valence-corrected chi connectivity index (χ0v) is 14.8. The van der Waals surface area contributed by atoms with Gasteiger partial charge in [0.2, 0.25) is 5.91 Å². The summed E-state index contributed by atoms with van der Waals surface area (Å²) in [6.45, 7) is 3.83. The summed E-state index contributed by atoms with van der Waals surface area (Å²) in [6.07, 6.45) is 0. The molecule has 2 aromatic rings. The van der Waals surface area contributed by atoms with Crippen LogP contribution in [0.5, 0.6) is 5.75 Å². The Morgan fingerprint density at radius 2 is 2.16 bits per heavy atom. The van der Waals surface area contributed by atoms with Crippen molar-refractivity contribution < 1.29 is 19.4 Å². The molecular formula is C17H19N3O4S. The molecule has 1 aliphatic rings. The van der Waals surface area contributed by atoms with Gasteiger partial charge in [0.15, 0.2) is 0 Å². The number of aryl methyl sites for hydroxylation is 1. The van der Waals surface area contributed by atoms with Crippen LogP contribution in [0.3, 0.4) is 0 Å². The van der Waals surface area contributed by atoms with Crippen LogP contribution in [0.2, 0.25) is 0 Å². The number of phenolic OH excluding ortho intramolecular Hbond substituents is 1. The zero-order valence-electron chi connectivity index (χ0n) is 14.0. The molecule has 0 spiro atoms. The number of phenols is 1. The number of hydrogen-bond donors (Lipinski definition) is 2. The van der Waals surface area contributed by atoms with Gasteiger partial charge in [-0.05, 0) is 31.5 Å². The summed E-state index contributed by atoms with van der Waals surface area (Å²) in [4.78, 5) is 24.0. The Bertz CT molecular complexity index is 801. The number of nitrogens with one attached hydrogen (secondary N) is 1. The van der Waals surface area contributed by atoms with Crippen LogP contribution in [0.15, 0.2) is 24.3 Å². The van der Waals surface area contributed by atoms with Gasteiger partial charge in [0.25, 0.3) is 0 Å². The number of hydrogen-bond acceptors (Lipinski definition) is 6. The highest BCUT2D eigenvalue weighted by Gasteiger charge is 2.30. The van der Waals surface area contributed by atoms with E-state index in [0.717, 1.165) is 16.8 Å². The first-order valence-corrected chi connectivity index (χ1v) is 8.97. The van der Waals surface area contributed by atoms with Crippen molar-refractivity contribution in [2.75, 3.05) is 17.7 Å². The van der Waals surface area contributed by atoms with Crippen molar-refractivity contribution in [1.82, 2.24) is 9.78 Å². The van der Waals surface area contributed by atoms with Gasteiger partial charge in [0.1, 0.15) is 18.1 Å². The van der Waals surface area contributed by atoms with Crippen molar-refractivity contribution in [2.24, 2.45) is 0 Å². The fourth-order valence-corrected chi connectivity index (χ4v) is 4.00. The van der Waals surface area contributed by atoms with E-state index in [2.05, 4.69) is 10.4 Å². The smallest absolute Gasteiger partial charge is 0.327 e. The quantitative estimate of drug-likeness (QED) is 0.811. The molecule has 1 aliphatic heterocycles. The van der Waals surface area contributed by atoms with E-state index in [1.807, 2.05) is 19.1 Å². The lowest BCUT2D eigenvalue weighted by atomic mass is 10.0. The highest BCUT2D eigenvalue weighted by molar-refractivity contribution is 8.00. The predicted molar refractivity (Wildman–Crippen MR) is 94.6 cm³/mol. The molecule has 0 aliphatic carbocycles. The molecule has 2 N–H and O–H groups in total. The molecule has 1 aromatic heterocycles. The van der Waals surface area contributed by atoms with Crippen LogP contribution in [0.4, 0.5) is 5.82 Å². The molecular weight excluding hydrogens is 342 g/mol. The topological polar surface area (TPSA) is 93.5 Å². The van der Waals surface area contributed by atoms with Gasteiger partial charge in [0, 0.05) is 5.56 Å². The number of esters is 1. The standard InChI is InChI=1S/C17H19N3O4S/c1-3-24-14(23)8-20-17-15(10(2)19-20)16(25-9-13(22)18-17)11-4-6-12(21)7-5-11/h4-7,16,21H,3,8-9H2,1-2H3,(H,18,22)/t16-/m1/s1. The Morgan fingerprint density at radius 1 is 1.44 bits per heavy atom. The van der Waals surface area contributed by atoms with E-state index in [9.17, 15) is 14.7 Å². The van der Waals surface area contributed by atoms with Crippen LogP contribution in [0.1, 0.15) is 29.0 Å². The molecule has 3 rings (SSSR count). The van der Waals surface area contributed by atoms with Gasteiger partial charge in [0.05, 0.1) is 23.3 Å². The third-order valence-corrected chi connectivity index (χ3v) is 5.12. The van der Waals surface area contributed by atoms with E-state index in [0.29, 0.717) is 18.2 Å². The van der Waals surface area contributed by atoms with Gasteiger partial charge < -0.3 is 15.2 Å². The fraction of sp³-hybridized carbons (Fsp3) is 0.353. The number of rotatable bonds is 4. The van der Waals surface area contributed by atoms with Crippen LogP contribution in [0, 0.1) is 6.92 Å². The predicted octanol–water partition coefficient (Wildman–Crippen LogP) is 2.23. The maximum atomic E-state index is 12.1. The normalized spacial score (nSPS) is 16.7. The second-order valence-electron chi connectivity index (χ2n) is 5.64. The Hall–Kier alpha value is -2.48. The molecule has 0 radical (unpaired) electrons. The average molecular weight is 361 g/mol. The van der Waals surface area contributed by atoms with Crippen LogP contribution in [0.25, 0.3) is 0 Å². The van der Waals surface area contributed by atoms with Crippen molar-refractivity contribution in [2.45, 2.75) is 25.6 Å². The lowest BCUT2D eigenvalue weighted by Gasteiger charge is -2.15. The number of carbonyl (C=O) groups is 2. The maximum Gasteiger partial charge on any atom is 0.327 e. The Kier molecular flexibility index (Phi) is 4.98. The first-order valence-electron chi connectivity index (χ1n) is 7.93. The number of ether oxygens (including phenoxy) is 1. The molecule has 1 aromatic carbocycles. The lowest BCUT2D eigenvalue weighted by molar-refractivity contribution is -0.144. The lowest BCUT2D eigenvalue weighted by Crippen LogP contribution is -2.20. The number of thioether (sulfide) groups is 1. The minimum absolute atomic E-state index is 0.0583. The van der Waals surface area contributed by atoms with Gasteiger partial charge >= 0.3 is 5.97 Å². The first-order chi connectivity index (χ1) is 12.0. The fourth-order valence-electron chi connectivity index (χ4n) is 2.81. The van der Waals surface area contributed by atoms with Crippen molar-refractivity contribution in [3.05, 3.63) is 41.1 Å². The molecule has 0 fully saturated rings. The van der Waals surface area contributed by atoms with Crippen LogP contribution in [-0.2, 0) is 20.9 Å². The van der Waals surface area contributed by atoms with E-state index in [4.69, 9.17) is 4.74 Å². The van der Waals surface area contributed by atoms with E-state index >= 15 is 0 Å². The Balaban J connectivity index is 2.03. The molecule has 2 heterocycles. The monoisotopic (exact) mass is 361 g/mol. The van der Waals surface area contributed by atoms with Crippen molar-refractivity contribution in [1.29, 1.82) is 0 Å². The highest BCUT2D eigenvalue weighted by atomic mass is 32.2. The number of aromatic hydroxyl groups is 1. The SMILES string of the molecule is CCOC(=O)Cn1nc(C)c2c1NC(=O)CS[C@@H]2c1ccc(O)cc1. The van der Waals surface area contributed by atoms with Gasteiger partial charge in [-0.2, -0.15) is 5.10 Å². The largest absolute Gasteiger partial charge is 0.508 e. The van der Waals surface area contributed by atoms with E-state index < -0.39 is 5.97 Å². The van der Waals surface area contributed by atoms with E-state index in [-0.39, 0.29) is 23.5 Å². The summed E-state index contributed by atoms with van der Waals surface area (Å²) in [5.41, 5.74) is 2.57. The van der Waals surface area contributed by atoms with E-state index in [1.165, 1.54) is 16.4 Å². The minimum atomic E-state index is -0.403. The highest BCUT2D eigenvalue weighted by Crippen LogP contribution is 2.43. The molecule has 25 heavy (non-hydrogen) atoms. The van der Waals surface area contributed by atoms with Gasteiger partial charge in [-0.25, -0.2) is 4.68 Å². The number of benzene rings is 1. The molecule has 0 saturated heterocycles. The van der Waals surface area contributed by atoms with Crippen molar-refractivity contribution >= 4 is 29.5 Å². The average Bonchev–Trinajstić information content (AvgIpc) is 2.75. The summed E-state index contributed by atoms with van der Waals surface area (Å²) in [7, 11) is 0. The minimum Gasteiger partial charge on any atom is -0.508 e. The third kappa shape index (κ3) is 3.63. The maximum absolute atomic E-state index is 12.1. The van der Waals surface area contributed by atoms with Gasteiger partial charge in [-0.1, -0.05) is 12.1 Å². The molecule has 0 bridgehead atoms. The van der Waals surface area contributed by atoms with Crippen molar-refractivity contribution in [3.63, 3.8) is 0 Å². The summed E-state index contributed by atoms with van der Waals surface area (Å²) < 4.78 is 6.47. The Labute approximate surface area is 149 Å². The van der Waals surface area contributed by atoms with Gasteiger partial charge in [-0.15, -0.1) is 11.8 Å². The first kappa shape index (κ1) is 17.3. The zero-order chi connectivity index (χ0) is 18.0. The second-order valence-corrected chi connectivity index (χ2v) is 6.73. The number of carbonyl (C=O) groups excluding carboxylic acids is 2. The third-order valence-electron chi connectivity index (χ3n) is 3.85. The molecule has 1 amide bonds. The number of nitrogens with zero attached hydrogens (tertiary/aromatic N) is 2. The summed E-state index contributed by atoms with van der Waals surface area (Å²) in [5.74, 6) is 0.460. The summed E-state index contributed by atoms with van der Waals surface area (Å²) >= 11 is 1.49. The van der Waals surface area contributed by atoms with E-state index in [1.54, 1.807) is 19.1 Å². The molecule has 0 saturated carbocycles. The molecule has 132 valence electrons. The van der Waals surface area contributed by atoms with Gasteiger partial charge in [-0.3, -0.25) is 9.59 Å². The number of amides is 1. The molecule has 8 heteroatoms. The number of anilines is 1. The molecule has 1 atom stereocenters. The van der Waals surface area contributed by atoms with Crippen LogP contribution < -0.4 is 5.32 Å². The number of aromatic nitrogens is 2. The van der Waals surface area contributed by atoms with Crippen LogP contribution in [-0.4, -0.2) is 39.1 Å².